The van der Waals surface area contributed by atoms with E-state index in [0.29, 0.717) is 38.6 Å². The maximum atomic E-state index is 12.2. The van der Waals surface area contributed by atoms with E-state index in [4.69, 9.17) is 9.26 Å². The minimum atomic E-state index is -0.0260. The van der Waals surface area contributed by atoms with Crippen molar-refractivity contribution in [1.82, 2.24) is 10.1 Å². The number of benzene rings is 1. The number of hydrogen-bond acceptors (Lipinski definition) is 5. The Kier molecular flexibility index (Phi) is 4.92. The normalized spacial score (nSPS) is 16.1. The van der Waals surface area contributed by atoms with E-state index >= 15 is 0 Å². The van der Waals surface area contributed by atoms with Gasteiger partial charge in [0.2, 0.25) is 11.8 Å². The summed E-state index contributed by atoms with van der Waals surface area (Å²) in [6.45, 7) is 4.55. The molecule has 0 aliphatic carbocycles. The van der Waals surface area contributed by atoms with Crippen LogP contribution in [0.3, 0.4) is 0 Å². The van der Waals surface area contributed by atoms with E-state index in [9.17, 15) is 4.79 Å². The lowest BCUT2D eigenvalue weighted by molar-refractivity contribution is -0.135. The Morgan fingerprint density at radius 1 is 1.30 bits per heavy atom. The van der Waals surface area contributed by atoms with Gasteiger partial charge >= 0.3 is 0 Å². The summed E-state index contributed by atoms with van der Waals surface area (Å²) in [5.41, 5.74) is 1.78. The first kappa shape index (κ1) is 15.6. The van der Waals surface area contributed by atoms with Gasteiger partial charge in [-0.05, 0) is 6.92 Å². The molecule has 0 radical (unpaired) electrons. The summed E-state index contributed by atoms with van der Waals surface area (Å²) in [6.07, 6.45) is 0.418. The number of rotatable bonds is 5. The molecule has 1 aliphatic rings. The number of ether oxygens (including phenoxy) is 1. The van der Waals surface area contributed by atoms with Crippen LogP contribution < -0.4 is 5.32 Å². The van der Waals surface area contributed by atoms with Gasteiger partial charge in [0.1, 0.15) is 5.69 Å². The summed E-state index contributed by atoms with van der Waals surface area (Å²) < 4.78 is 10.6. The molecule has 122 valence electrons. The van der Waals surface area contributed by atoms with Gasteiger partial charge in [-0.25, -0.2) is 0 Å². The third-order valence-electron chi connectivity index (χ3n) is 3.81. The second-order valence-corrected chi connectivity index (χ2v) is 5.69. The number of carbonyl (C=O) groups excluding carboxylic acids is 1. The fourth-order valence-electron chi connectivity index (χ4n) is 2.59. The molecule has 2 aromatic rings. The smallest absolute Gasteiger partial charge is 0.225 e. The van der Waals surface area contributed by atoms with E-state index in [2.05, 4.69) is 10.5 Å². The Morgan fingerprint density at radius 3 is 2.78 bits per heavy atom. The maximum Gasteiger partial charge on any atom is 0.225 e. The number of carbonyl (C=O) groups is 1. The van der Waals surface area contributed by atoms with Gasteiger partial charge in [0.15, 0.2) is 0 Å². The van der Waals surface area contributed by atoms with Gasteiger partial charge in [-0.2, -0.15) is 0 Å². The molecule has 2 heterocycles. The van der Waals surface area contributed by atoms with Crippen LogP contribution in [0.5, 0.6) is 0 Å². The molecule has 1 aromatic heterocycles. The number of anilines is 1. The molecule has 1 N–H and O–H groups in total. The summed E-state index contributed by atoms with van der Waals surface area (Å²) in [7, 11) is 0. The fraction of sp³-hybridized carbons (Fsp3) is 0.412. The van der Waals surface area contributed by atoms with Crippen molar-refractivity contribution in [2.24, 2.45) is 0 Å². The number of morpholine rings is 1. The van der Waals surface area contributed by atoms with Gasteiger partial charge in [-0.15, -0.1) is 0 Å². The summed E-state index contributed by atoms with van der Waals surface area (Å²) in [5.74, 6) is 0.710. The van der Waals surface area contributed by atoms with E-state index in [0.717, 1.165) is 11.3 Å². The molecular formula is C17H21N3O3. The molecule has 0 spiro atoms. The highest BCUT2D eigenvalue weighted by Crippen LogP contribution is 2.22. The van der Waals surface area contributed by atoms with Crippen LogP contribution >= 0.6 is 0 Å². The zero-order valence-corrected chi connectivity index (χ0v) is 13.2. The van der Waals surface area contributed by atoms with Crippen LogP contribution in [0, 0.1) is 0 Å². The first-order valence-corrected chi connectivity index (χ1v) is 7.86. The largest absolute Gasteiger partial charge is 0.378 e. The van der Waals surface area contributed by atoms with Crippen molar-refractivity contribution < 1.29 is 14.1 Å². The standard InChI is InChI=1S/C17H21N3O3/c1-13(11-17(21)20-7-9-22-10-8-20)18-16-12-15(19-23-16)14-5-3-2-4-6-14/h2-6,12-13,18H,7-11H2,1H3. The Balaban J connectivity index is 1.54. The Morgan fingerprint density at radius 2 is 2.04 bits per heavy atom. The van der Waals surface area contributed by atoms with Crippen LogP contribution in [-0.4, -0.2) is 48.3 Å². The fourth-order valence-corrected chi connectivity index (χ4v) is 2.59. The van der Waals surface area contributed by atoms with Gasteiger partial charge in [-0.3, -0.25) is 4.79 Å². The second-order valence-electron chi connectivity index (χ2n) is 5.69. The molecule has 1 fully saturated rings. The predicted molar refractivity (Wildman–Crippen MR) is 87.0 cm³/mol. The number of hydrogen-bond donors (Lipinski definition) is 1. The Bertz CT molecular complexity index is 636. The SMILES string of the molecule is CC(CC(=O)N1CCOCC1)Nc1cc(-c2ccccc2)no1. The first-order valence-electron chi connectivity index (χ1n) is 7.86. The van der Waals surface area contributed by atoms with Crippen LogP contribution in [0.1, 0.15) is 13.3 Å². The monoisotopic (exact) mass is 315 g/mol. The van der Waals surface area contributed by atoms with Crippen LogP contribution in [0.25, 0.3) is 11.3 Å². The summed E-state index contributed by atoms with van der Waals surface area (Å²) in [4.78, 5) is 14.1. The van der Waals surface area contributed by atoms with Crippen molar-refractivity contribution in [2.75, 3.05) is 31.6 Å². The van der Waals surface area contributed by atoms with Gasteiger partial charge < -0.3 is 19.5 Å². The Labute approximate surface area is 135 Å². The first-order chi connectivity index (χ1) is 11.2. The van der Waals surface area contributed by atoms with Gasteiger partial charge in [0, 0.05) is 37.2 Å². The molecule has 6 nitrogen and oxygen atoms in total. The molecule has 23 heavy (non-hydrogen) atoms. The van der Waals surface area contributed by atoms with E-state index < -0.39 is 0 Å². The summed E-state index contributed by atoms with van der Waals surface area (Å²) >= 11 is 0. The van der Waals surface area contributed by atoms with Crippen molar-refractivity contribution in [1.29, 1.82) is 0 Å². The zero-order chi connectivity index (χ0) is 16.1. The van der Waals surface area contributed by atoms with Gasteiger partial charge in [0.05, 0.1) is 13.2 Å². The van der Waals surface area contributed by atoms with Crippen LogP contribution in [0.4, 0.5) is 5.88 Å². The molecule has 3 rings (SSSR count). The quantitative estimate of drug-likeness (QED) is 0.917. The topological polar surface area (TPSA) is 67.6 Å². The van der Waals surface area contributed by atoms with Gasteiger partial charge in [-0.1, -0.05) is 35.5 Å². The highest BCUT2D eigenvalue weighted by atomic mass is 16.5. The van der Waals surface area contributed by atoms with Crippen molar-refractivity contribution in [3.05, 3.63) is 36.4 Å². The highest BCUT2D eigenvalue weighted by molar-refractivity contribution is 5.77. The lowest BCUT2D eigenvalue weighted by Gasteiger charge is -2.28. The third kappa shape index (κ3) is 4.10. The van der Waals surface area contributed by atoms with Crippen molar-refractivity contribution >= 4 is 11.8 Å². The molecule has 1 saturated heterocycles. The molecule has 1 atom stereocenters. The van der Waals surface area contributed by atoms with Crippen LogP contribution in [0.15, 0.2) is 40.9 Å². The average molecular weight is 315 g/mol. The number of nitrogens with one attached hydrogen (secondary N) is 1. The molecule has 6 heteroatoms. The summed E-state index contributed by atoms with van der Waals surface area (Å²) in [6, 6.07) is 11.7. The molecular weight excluding hydrogens is 294 g/mol. The molecule has 1 unspecified atom stereocenters. The van der Waals surface area contributed by atoms with Crippen LogP contribution in [-0.2, 0) is 9.53 Å². The maximum absolute atomic E-state index is 12.2. The molecule has 1 aliphatic heterocycles. The highest BCUT2D eigenvalue weighted by Gasteiger charge is 2.19. The van der Waals surface area contributed by atoms with Crippen molar-refractivity contribution in [3.63, 3.8) is 0 Å². The lowest BCUT2D eigenvalue weighted by atomic mass is 10.1. The summed E-state index contributed by atoms with van der Waals surface area (Å²) in [5, 5.41) is 7.25. The Hall–Kier alpha value is -2.34. The molecule has 1 amide bonds. The minimum absolute atomic E-state index is 0.0260. The van der Waals surface area contributed by atoms with Crippen molar-refractivity contribution in [2.45, 2.75) is 19.4 Å². The zero-order valence-electron chi connectivity index (χ0n) is 13.2. The number of nitrogens with zero attached hydrogens (tertiary/aromatic N) is 2. The number of aromatic nitrogens is 1. The van der Waals surface area contributed by atoms with E-state index in [1.807, 2.05) is 48.2 Å². The molecule has 0 bridgehead atoms. The van der Waals surface area contributed by atoms with E-state index in [1.54, 1.807) is 0 Å². The third-order valence-corrected chi connectivity index (χ3v) is 3.81. The molecule has 1 aromatic carbocycles. The van der Waals surface area contributed by atoms with E-state index in [-0.39, 0.29) is 11.9 Å². The predicted octanol–water partition coefficient (Wildman–Crippen LogP) is 2.39. The second kappa shape index (κ2) is 7.28. The number of amides is 1. The van der Waals surface area contributed by atoms with Gasteiger partial charge in [0.25, 0.3) is 0 Å². The van der Waals surface area contributed by atoms with Crippen LogP contribution in [0.2, 0.25) is 0 Å². The molecule has 0 saturated carbocycles. The average Bonchev–Trinajstić information content (AvgIpc) is 3.04. The minimum Gasteiger partial charge on any atom is -0.378 e. The van der Waals surface area contributed by atoms with Crippen molar-refractivity contribution in [3.8, 4) is 11.3 Å². The lowest BCUT2D eigenvalue weighted by Crippen LogP contribution is -2.42. The van der Waals surface area contributed by atoms with E-state index in [1.165, 1.54) is 0 Å².